The number of carbonyl (C=O) groups excluding carboxylic acids is 2. The summed E-state index contributed by atoms with van der Waals surface area (Å²) in [6, 6.07) is 16.8. The molecule has 1 N–H and O–H groups in total. The number of carbonyl (C=O) groups is 2. The number of thiocarbonyl (C=S) groups is 1. The quantitative estimate of drug-likeness (QED) is 0.453. The van der Waals surface area contributed by atoms with E-state index in [1.165, 1.54) is 11.8 Å². The Morgan fingerprint density at radius 2 is 1.97 bits per heavy atom. The fourth-order valence-corrected chi connectivity index (χ4v) is 4.16. The molecule has 0 bridgehead atoms. The van der Waals surface area contributed by atoms with Crippen LogP contribution >= 0.6 is 35.6 Å². The summed E-state index contributed by atoms with van der Waals surface area (Å²) in [5.41, 5.74) is 1.71. The van der Waals surface area contributed by atoms with Crippen molar-refractivity contribution in [1.29, 1.82) is 0 Å². The summed E-state index contributed by atoms with van der Waals surface area (Å²) in [6.45, 7) is 0.410. The van der Waals surface area contributed by atoms with Gasteiger partial charge in [-0.25, -0.2) is 0 Å². The van der Waals surface area contributed by atoms with Gasteiger partial charge in [0.1, 0.15) is 4.32 Å². The molecule has 7 heteroatoms. The molecular weight excluding hydrogens is 424 g/mol. The van der Waals surface area contributed by atoms with Crippen molar-refractivity contribution in [3.05, 3.63) is 82.2 Å². The summed E-state index contributed by atoms with van der Waals surface area (Å²) in [5, 5.41) is 3.36. The fourth-order valence-electron chi connectivity index (χ4n) is 2.71. The predicted molar refractivity (Wildman–Crippen MR) is 125 cm³/mol. The van der Waals surface area contributed by atoms with Crippen molar-refractivity contribution in [2.45, 2.75) is 12.8 Å². The first kappa shape index (κ1) is 21.3. The highest BCUT2D eigenvalue weighted by molar-refractivity contribution is 8.26. The second kappa shape index (κ2) is 10.4. The number of anilines is 1. The third-order valence-corrected chi connectivity index (χ3v) is 5.73. The summed E-state index contributed by atoms with van der Waals surface area (Å²) in [5.74, 6) is -0.244. The van der Waals surface area contributed by atoms with E-state index in [2.05, 4.69) is 5.32 Å². The molecule has 0 aromatic heterocycles. The van der Waals surface area contributed by atoms with Gasteiger partial charge in [-0.2, -0.15) is 0 Å². The number of rotatable bonds is 7. The second-order valence-electron chi connectivity index (χ2n) is 6.29. The Balaban J connectivity index is 1.49. The average molecular weight is 443 g/mol. The maximum absolute atomic E-state index is 12.6. The predicted octanol–water partition coefficient (Wildman–Crippen LogP) is 5.52. The number of halogens is 1. The lowest BCUT2D eigenvalue weighted by molar-refractivity contribution is -0.122. The van der Waals surface area contributed by atoms with Crippen LogP contribution in [0, 0.1) is 0 Å². The smallest absolute Gasteiger partial charge is 0.266 e. The maximum Gasteiger partial charge on any atom is 0.266 e. The second-order valence-corrected chi connectivity index (χ2v) is 8.40. The number of nitrogens with zero attached hydrogens (tertiary/aromatic N) is 1. The molecule has 2 amide bonds. The number of hydrogen-bond donors (Lipinski definition) is 1. The minimum atomic E-state index is -0.126. The molecule has 0 atom stereocenters. The number of hydrogen-bond acceptors (Lipinski definition) is 4. The summed E-state index contributed by atoms with van der Waals surface area (Å²) >= 11 is 12.5. The first-order valence-corrected chi connectivity index (χ1v) is 10.7. The van der Waals surface area contributed by atoms with E-state index in [0.29, 0.717) is 32.9 Å². The van der Waals surface area contributed by atoms with Gasteiger partial charge in [-0.3, -0.25) is 14.5 Å². The van der Waals surface area contributed by atoms with Gasteiger partial charge in [-0.15, -0.1) is 0 Å². The van der Waals surface area contributed by atoms with Crippen molar-refractivity contribution in [2.75, 3.05) is 11.9 Å². The number of nitrogens with one attached hydrogen (secondary N) is 1. The Bertz CT molecular complexity index is 974. The molecule has 148 valence electrons. The van der Waals surface area contributed by atoms with E-state index in [4.69, 9.17) is 23.8 Å². The zero-order chi connectivity index (χ0) is 20.6. The minimum Gasteiger partial charge on any atom is -0.326 e. The van der Waals surface area contributed by atoms with Crippen LogP contribution in [0.15, 0.2) is 71.7 Å². The van der Waals surface area contributed by atoms with Crippen molar-refractivity contribution < 1.29 is 9.59 Å². The molecule has 29 heavy (non-hydrogen) atoms. The third kappa shape index (κ3) is 6.29. The lowest BCUT2D eigenvalue weighted by Gasteiger charge is -2.14. The van der Waals surface area contributed by atoms with E-state index in [1.54, 1.807) is 35.2 Å². The number of benzene rings is 2. The van der Waals surface area contributed by atoms with Crippen molar-refractivity contribution in [3.63, 3.8) is 0 Å². The monoisotopic (exact) mass is 442 g/mol. The largest absolute Gasteiger partial charge is 0.326 e. The number of allylic oxidation sites excluding steroid dienone is 2. The summed E-state index contributed by atoms with van der Waals surface area (Å²) in [6.07, 6.45) is 6.37. The molecule has 0 saturated carbocycles. The van der Waals surface area contributed by atoms with Crippen LogP contribution in [0.3, 0.4) is 0 Å². The van der Waals surface area contributed by atoms with Gasteiger partial charge < -0.3 is 5.32 Å². The molecule has 0 aliphatic carbocycles. The molecule has 1 aliphatic heterocycles. The number of amides is 2. The highest BCUT2D eigenvalue weighted by Gasteiger charge is 2.31. The van der Waals surface area contributed by atoms with Gasteiger partial charge >= 0.3 is 0 Å². The van der Waals surface area contributed by atoms with Gasteiger partial charge in [-0.05, 0) is 36.3 Å². The summed E-state index contributed by atoms with van der Waals surface area (Å²) in [4.78, 5) is 26.8. The molecule has 4 nitrogen and oxygen atoms in total. The molecule has 1 heterocycles. The molecule has 0 unspecified atom stereocenters. The third-order valence-electron chi connectivity index (χ3n) is 4.10. The molecular formula is C22H19ClN2O2S2. The minimum absolute atomic E-state index is 0.118. The first-order chi connectivity index (χ1) is 14.0. The molecule has 0 radical (unpaired) electrons. The van der Waals surface area contributed by atoms with E-state index < -0.39 is 0 Å². The standard InChI is InChI=1S/C22H19ClN2O2S2/c23-17-10-5-11-18(15-17)24-20(26)13-6-14-25-21(27)19(29-22(25)28)12-4-9-16-7-2-1-3-8-16/h1-5,7-12,15H,6,13-14H2,(H,24,26)/b9-4+,19-12-. The Morgan fingerprint density at radius 3 is 2.72 bits per heavy atom. The van der Waals surface area contributed by atoms with Crippen molar-refractivity contribution in [3.8, 4) is 0 Å². The van der Waals surface area contributed by atoms with Crippen LogP contribution in [0.2, 0.25) is 5.02 Å². The zero-order valence-electron chi connectivity index (χ0n) is 15.5. The van der Waals surface area contributed by atoms with Gasteiger partial charge in [-0.1, -0.05) is 84.1 Å². The maximum atomic E-state index is 12.6. The highest BCUT2D eigenvalue weighted by atomic mass is 35.5. The van der Waals surface area contributed by atoms with Crippen LogP contribution in [0.25, 0.3) is 6.08 Å². The molecule has 2 aromatic rings. The molecule has 3 rings (SSSR count). The van der Waals surface area contributed by atoms with Gasteiger partial charge in [0.15, 0.2) is 0 Å². The SMILES string of the molecule is O=C(CCCN1C(=O)/C(=C/C=C/c2ccccc2)SC1=S)Nc1cccc(Cl)c1. The van der Waals surface area contributed by atoms with Crippen LogP contribution in [0.5, 0.6) is 0 Å². The average Bonchev–Trinajstić information content (AvgIpc) is 2.96. The molecule has 2 aromatic carbocycles. The van der Waals surface area contributed by atoms with Gasteiger partial charge in [0, 0.05) is 23.7 Å². The Morgan fingerprint density at radius 1 is 1.17 bits per heavy atom. The highest BCUT2D eigenvalue weighted by Crippen LogP contribution is 2.31. The normalized spacial score (nSPS) is 15.5. The Kier molecular flexibility index (Phi) is 7.63. The fraction of sp³-hybridized carbons (Fsp3) is 0.136. The lowest BCUT2D eigenvalue weighted by atomic mass is 10.2. The molecule has 1 fully saturated rings. The van der Waals surface area contributed by atoms with E-state index in [-0.39, 0.29) is 18.2 Å². The number of thioether (sulfide) groups is 1. The van der Waals surface area contributed by atoms with E-state index >= 15 is 0 Å². The molecule has 1 saturated heterocycles. The van der Waals surface area contributed by atoms with E-state index in [0.717, 1.165) is 5.56 Å². The first-order valence-electron chi connectivity index (χ1n) is 9.05. The molecule has 0 spiro atoms. The Labute approximate surface area is 184 Å². The van der Waals surface area contributed by atoms with Gasteiger partial charge in [0.2, 0.25) is 5.91 Å². The van der Waals surface area contributed by atoms with Crippen molar-refractivity contribution in [1.82, 2.24) is 4.90 Å². The topological polar surface area (TPSA) is 49.4 Å². The lowest BCUT2D eigenvalue weighted by Crippen LogP contribution is -2.29. The summed E-state index contributed by atoms with van der Waals surface area (Å²) < 4.78 is 0.518. The Hall–Kier alpha value is -2.41. The zero-order valence-corrected chi connectivity index (χ0v) is 17.9. The van der Waals surface area contributed by atoms with Gasteiger partial charge in [0.25, 0.3) is 5.91 Å². The van der Waals surface area contributed by atoms with Crippen LogP contribution < -0.4 is 5.32 Å². The van der Waals surface area contributed by atoms with Crippen LogP contribution in [-0.2, 0) is 9.59 Å². The van der Waals surface area contributed by atoms with Crippen LogP contribution in [0.1, 0.15) is 18.4 Å². The van der Waals surface area contributed by atoms with Crippen molar-refractivity contribution in [2.24, 2.45) is 0 Å². The van der Waals surface area contributed by atoms with Gasteiger partial charge in [0.05, 0.1) is 4.91 Å². The van der Waals surface area contributed by atoms with E-state index in [1.807, 2.05) is 42.5 Å². The molecule has 1 aliphatic rings. The van der Waals surface area contributed by atoms with E-state index in [9.17, 15) is 9.59 Å². The van der Waals surface area contributed by atoms with Crippen molar-refractivity contribution >= 4 is 63.5 Å². The van der Waals surface area contributed by atoms with Crippen LogP contribution in [0.4, 0.5) is 5.69 Å². The summed E-state index contributed by atoms with van der Waals surface area (Å²) in [7, 11) is 0. The van der Waals surface area contributed by atoms with Crippen LogP contribution in [-0.4, -0.2) is 27.6 Å².